The zero-order chi connectivity index (χ0) is 14.0. The Bertz CT molecular complexity index is 560. The van der Waals surface area contributed by atoms with Crippen molar-refractivity contribution >= 4 is 11.0 Å². The molecule has 19 heavy (non-hydrogen) atoms. The van der Waals surface area contributed by atoms with E-state index >= 15 is 0 Å². The Morgan fingerprint density at radius 3 is 2.74 bits per heavy atom. The number of hydrogen-bond donors (Lipinski definition) is 2. The van der Waals surface area contributed by atoms with Crippen LogP contribution >= 0.6 is 0 Å². The van der Waals surface area contributed by atoms with Gasteiger partial charge in [-0.25, -0.2) is 9.82 Å². The average molecular weight is 266 g/mol. The van der Waals surface area contributed by atoms with Gasteiger partial charge < -0.3 is 9.15 Å². The monoisotopic (exact) mass is 266 g/mol. The second-order valence-corrected chi connectivity index (χ2v) is 5.45. The van der Waals surface area contributed by atoms with Crippen molar-refractivity contribution in [2.45, 2.75) is 32.4 Å². The summed E-state index contributed by atoms with van der Waals surface area (Å²) in [6.07, 6.45) is 0. The topological polar surface area (TPSA) is 60.4 Å². The normalized spacial score (nSPS) is 13.9. The number of rotatable bonds is 4. The first kappa shape index (κ1) is 14.0. The zero-order valence-electron chi connectivity index (χ0n) is 11.4. The molecule has 5 heteroatoms. The third-order valence-electron chi connectivity index (χ3n) is 2.74. The van der Waals surface area contributed by atoms with E-state index < -0.39 is 0 Å². The maximum Gasteiger partial charge on any atom is 0.169 e. The van der Waals surface area contributed by atoms with Crippen LogP contribution in [0.5, 0.6) is 0 Å². The van der Waals surface area contributed by atoms with Gasteiger partial charge in [0.25, 0.3) is 0 Å². The third-order valence-corrected chi connectivity index (χ3v) is 2.74. The Morgan fingerprint density at radius 2 is 2.16 bits per heavy atom. The smallest absolute Gasteiger partial charge is 0.169 e. The minimum absolute atomic E-state index is 0.244. The molecule has 1 atom stereocenters. The highest BCUT2D eigenvalue weighted by Crippen LogP contribution is 2.26. The molecule has 1 unspecified atom stereocenters. The number of ether oxygens (including phenoxy) is 1. The Kier molecular flexibility index (Phi) is 3.89. The van der Waals surface area contributed by atoms with E-state index in [9.17, 15) is 4.39 Å². The second-order valence-electron chi connectivity index (χ2n) is 5.45. The molecule has 0 aliphatic carbocycles. The fourth-order valence-corrected chi connectivity index (χ4v) is 1.76. The molecule has 4 nitrogen and oxygen atoms in total. The highest BCUT2D eigenvalue weighted by molar-refractivity contribution is 5.78. The molecule has 0 fully saturated rings. The van der Waals surface area contributed by atoms with Gasteiger partial charge in [0.2, 0.25) is 0 Å². The predicted molar refractivity (Wildman–Crippen MR) is 71.9 cm³/mol. The zero-order valence-corrected chi connectivity index (χ0v) is 11.4. The van der Waals surface area contributed by atoms with Crippen molar-refractivity contribution in [3.05, 3.63) is 35.8 Å². The van der Waals surface area contributed by atoms with Crippen LogP contribution in [0.3, 0.4) is 0 Å². The Morgan fingerprint density at radius 1 is 1.42 bits per heavy atom. The molecule has 3 N–H and O–H groups in total. The number of nitrogens with one attached hydrogen (secondary N) is 1. The van der Waals surface area contributed by atoms with Gasteiger partial charge in [-0.15, -0.1) is 0 Å². The van der Waals surface area contributed by atoms with Crippen LogP contribution < -0.4 is 11.3 Å². The molecule has 0 spiro atoms. The molecular weight excluding hydrogens is 247 g/mol. The molecule has 0 aliphatic heterocycles. The maximum atomic E-state index is 13.6. The summed E-state index contributed by atoms with van der Waals surface area (Å²) < 4.78 is 24.8. The van der Waals surface area contributed by atoms with Crippen molar-refractivity contribution in [3.8, 4) is 0 Å². The lowest BCUT2D eigenvalue weighted by molar-refractivity contribution is -0.0171. The van der Waals surface area contributed by atoms with Gasteiger partial charge in [-0.3, -0.25) is 5.84 Å². The van der Waals surface area contributed by atoms with Crippen LogP contribution in [-0.4, -0.2) is 12.2 Å². The molecule has 0 saturated heterocycles. The number of furan rings is 1. The van der Waals surface area contributed by atoms with Crippen molar-refractivity contribution in [1.29, 1.82) is 0 Å². The van der Waals surface area contributed by atoms with Crippen molar-refractivity contribution in [2.24, 2.45) is 5.84 Å². The van der Waals surface area contributed by atoms with Gasteiger partial charge in [0.05, 0.1) is 12.2 Å². The first-order valence-electron chi connectivity index (χ1n) is 6.19. The molecule has 104 valence electrons. The van der Waals surface area contributed by atoms with E-state index in [0.29, 0.717) is 17.8 Å². The SMILES string of the molecule is CC(C)(C)OCC(NN)c1cc2cccc(F)c2o1. The van der Waals surface area contributed by atoms with Crippen LogP contribution in [0, 0.1) is 5.82 Å². The number of hydrogen-bond acceptors (Lipinski definition) is 4. The maximum absolute atomic E-state index is 13.6. The van der Waals surface area contributed by atoms with Crippen LogP contribution in [0.2, 0.25) is 0 Å². The summed E-state index contributed by atoms with van der Waals surface area (Å²) in [5.41, 5.74) is 2.60. The van der Waals surface area contributed by atoms with Crippen LogP contribution in [0.15, 0.2) is 28.7 Å². The fourth-order valence-electron chi connectivity index (χ4n) is 1.76. The number of nitrogens with two attached hydrogens (primary N) is 1. The quantitative estimate of drug-likeness (QED) is 0.660. The van der Waals surface area contributed by atoms with E-state index in [2.05, 4.69) is 5.43 Å². The number of para-hydroxylation sites is 1. The summed E-state index contributed by atoms with van der Waals surface area (Å²) in [6, 6.07) is 6.27. The Labute approximate surface area is 111 Å². The summed E-state index contributed by atoms with van der Waals surface area (Å²) in [7, 11) is 0. The molecule has 0 aliphatic rings. The molecular formula is C14H19FN2O2. The number of hydrazine groups is 1. The molecule has 0 amide bonds. The van der Waals surface area contributed by atoms with Crippen LogP contribution in [0.25, 0.3) is 11.0 Å². The molecule has 0 radical (unpaired) electrons. The highest BCUT2D eigenvalue weighted by atomic mass is 19.1. The lowest BCUT2D eigenvalue weighted by atomic mass is 10.1. The predicted octanol–water partition coefficient (Wildman–Crippen LogP) is 2.89. The van der Waals surface area contributed by atoms with E-state index in [-0.39, 0.29) is 23.0 Å². The summed E-state index contributed by atoms with van der Waals surface area (Å²) in [4.78, 5) is 0. The van der Waals surface area contributed by atoms with Gasteiger partial charge in [-0.2, -0.15) is 0 Å². The summed E-state index contributed by atoms with van der Waals surface area (Å²) in [5.74, 6) is 5.69. The Hall–Kier alpha value is -1.43. The Balaban J connectivity index is 2.23. The molecule has 0 bridgehead atoms. The highest BCUT2D eigenvalue weighted by Gasteiger charge is 2.20. The van der Waals surface area contributed by atoms with Crippen molar-refractivity contribution in [1.82, 2.24) is 5.43 Å². The second kappa shape index (κ2) is 5.28. The lowest BCUT2D eigenvalue weighted by Gasteiger charge is -2.23. The van der Waals surface area contributed by atoms with E-state index in [1.807, 2.05) is 20.8 Å². The third kappa shape index (κ3) is 3.32. The molecule has 2 aromatic rings. The standard InChI is InChI=1S/C14H19FN2O2/c1-14(2,3)18-8-11(17-16)12-7-9-5-4-6-10(15)13(9)19-12/h4-7,11,17H,8,16H2,1-3H3. The van der Waals surface area contributed by atoms with Crippen LogP contribution in [0.1, 0.15) is 32.6 Å². The first-order valence-corrected chi connectivity index (χ1v) is 6.19. The molecule has 1 heterocycles. The average Bonchev–Trinajstić information content (AvgIpc) is 2.73. The minimum Gasteiger partial charge on any atom is -0.456 e. The summed E-state index contributed by atoms with van der Waals surface area (Å²) in [5, 5.41) is 0.714. The number of benzene rings is 1. The fraction of sp³-hybridized carbons (Fsp3) is 0.429. The number of fused-ring (bicyclic) bond motifs is 1. The molecule has 2 rings (SSSR count). The summed E-state index contributed by atoms with van der Waals surface area (Å²) in [6.45, 7) is 6.22. The molecule has 1 aromatic carbocycles. The van der Waals surface area contributed by atoms with E-state index in [0.717, 1.165) is 0 Å². The van der Waals surface area contributed by atoms with Crippen LogP contribution in [0.4, 0.5) is 4.39 Å². The van der Waals surface area contributed by atoms with Gasteiger partial charge in [-0.1, -0.05) is 12.1 Å². The van der Waals surface area contributed by atoms with Crippen molar-refractivity contribution in [2.75, 3.05) is 6.61 Å². The van der Waals surface area contributed by atoms with Gasteiger partial charge >= 0.3 is 0 Å². The number of halogens is 1. The van der Waals surface area contributed by atoms with E-state index in [4.69, 9.17) is 15.0 Å². The van der Waals surface area contributed by atoms with E-state index in [1.54, 1.807) is 18.2 Å². The van der Waals surface area contributed by atoms with Gasteiger partial charge in [-0.05, 0) is 32.9 Å². The lowest BCUT2D eigenvalue weighted by Crippen LogP contribution is -2.34. The first-order chi connectivity index (χ1) is 8.90. The van der Waals surface area contributed by atoms with Gasteiger partial charge in [0.1, 0.15) is 11.8 Å². The molecule has 1 aromatic heterocycles. The van der Waals surface area contributed by atoms with Crippen molar-refractivity contribution < 1.29 is 13.5 Å². The van der Waals surface area contributed by atoms with Gasteiger partial charge in [0, 0.05) is 5.39 Å². The van der Waals surface area contributed by atoms with E-state index in [1.165, 1.54) is 6.07 Å². The van der Waals surface area contributed by atoms with Crippen LogP contribution in [-0.2, 0) is 4.74 Å². The van der Waals surface area contributed by atoms with Crippen molar-refractivity contribution in [3.63, 3.8) is 0 Å². The van der Waals surface area contributed by atoms with Gasteiger partial charge in [0.15, 0.2) is 11.4 Å². The molecule has 0 saturated carbocycles. The summed E-state index contributed by atoms with van der Waals surface area (Å²) >= 11 is 0. The largest absolute Gasteiger partial charge is 0.456 e. The minimum atomic E-state index is -0.378.